The Bertz CT molecular complexity index is 385. The van der Waals surface area contributed by atoms with Gasteiger partial charge >= 0.3 is 0 Å². The molecule has 0 heterocycles. The van der Waals surface area contributed by atoms with E-state index in [-0.39, 0.29) is 4.75 Å². The van der Waals surface area contributed by atoms with Crippen LogP contribution in [-0.4, -0.2) is 29.8 Å². The van der Waals surface area contributed by atoms with E-state index in [1.54, 1.807) is 26.0 Å². The van der Waals surface area contributed by atoms with Crippen LogP contribution < -0.4 is 9.47 Å². The highest BCUT2D eigenvalue weighted by Gasteiger charge is 2.16. The molecule has 0 fully saturated rings. The van der Waals surface area contributed by atoms with Gasteiger partial charge in [-0.2, -0.15) is 11.8 Å². The highest BCUT2D eigenvalue weighted by molar-refractivity contribution is 8.00. The largest absolute Gasteiger partial charge is 0.493 e. The second-order valence-electron chi connectivity index (χ2n) is 5.05. The number of aliphatic hydroxyl groups excluding tert-OH is 1. The van der Waals surface area contributed by atoms with Gasteiger partial charge in [-0.15, -0.1) is 0 Å². The molecule has 0 aliphatic heterocycles. The molecule has 0 aliphatic carbocycles. The minimum absolute atomic E-state index is 0.150. The average molecular weight is 270 g/mol. The molecule has 0 aromatic heterocycles. The van der Waals surface area contributed by atoms with Crippen molar-refractivity contribution in [2.24, 2.45) is 0 Å². The van der Waals surface area contributed by atoms with Crippen molar-refractivity contribution in [1.82, 2.24) is 0 Å². The third-order valence-corrected chi connectivity index (χ3v) is 3.82. The predicted molar refractivity (Wildman–Crippen MR) is 76.7 cm³/mol. The van der Waals surface area contributed by atoms with Gasteiger partial charge in [0, 0.05) is 10.5 Å². The fourth-order valence-electron chi connectivity index (χ4n) is 1.49. The summed E-state index contributed by atoms with van der Waals surface area (Å²) < 4.78 is 10.6. The maximum atomic E-state index is 10.2. The number of ether oxygens (including phenoxy) is 2. The number of hydrogen-bond acceptors (Lipinski definition) is 4. The first-order valence-corrected chi connectivity index (χ1v) is 6.90. The molecule has 3 nitrogen and oxygen atoms in total. The van der Waals surface area contributed by atoms with Crippen molar-refractivity contribution in [3.05, 3.63) is 23.8 Å². The van der Waals surface area contributed by atoms with E-state index in [0.29, 0.717) is 17.3 Å². The second kappa shape index (κ2) is 6.34. The zero-order valence-corrected chi connectivity index (χ0v) is 12.5. The zero-order chi connectivity index (χ0) is 13.8. The lowest BCUT2D eigenvalue weighted by Gasteiger charge is -2.20. The van der Waals surface area contributed by atoms with Crippen LogP contribution in [0.2, 0.25) is 0 Å². The summed E-state index contributed by atoms with van der Waals surface area (Å²) in [5.41, 5.74) is 0.851. The summed E-state index contributed by atoms with van der Waals surface area (Å²) in [5, 5.41) is 10.2. The zero-order valence-electron chi connectivity index (χ0n) is 11.7. The maximum Gasteiger partial charge on any atom is 0.161 e. The Balaban J connectivity index is 2.77. The predicted octanol–water partition coefficient (Wildman–Crippen LogP) is 3.27. The van der Waals surface area contributed by atoms with Gasteiger partial charge in [-0.1, -0.05) is 26.8 Å². The van der Waals surface area contributed by atoms with Gasteiger partial charge in [-0.25, -0.2) is 0 Å². The van der Waals surface area contributed by atoms with E-state index < -0.39 is 6.10 Å². The average Bonchev–Trinajstić information content (AvgIpc) is 2.34. The molecule has 1 rings (SSSR count). The van der Waals surface area contributed by atoms with Gasteiger partial charge in [0.25, 0.3) is 0 Å². The van der Waals surface area contributed by atoms with Gasteiger partial charge in [0.15, 0.2) is 11.5 Å². The van der Waals surface area contributed by atoms with Crippen molar-refractivity contribution in [1.29, 1.82) is 0 Å². The van der Waals surface area contributed by atoms with Crippen LogP contribution in [-0.2, 0) is 0 Å². The minimum Gasteiger partial charge on any atom is -0.493 e. The molecule has 1 unspecified atom stereocenters. The summed E-state index contributed by atoms with van der Waals surface area (Å²) in [6.07, 6.45) is -0.492. The van der Waals surface area contributed by atoms with Crippen molar-refractivity contribution in [2.45, 2.75) is 31.6 Å². The monoisotopic (exact) mass is 270 g/mol. The molecule has 1 N–H and O–H groups in total. The molecule has 0 radical (unpaired) electrons. The smallest absolute Gasteiger partial charge is 0.161 e. The fourth-order valence-corrected chi connectivity index (χ4v) is 2.34. The number of benzene rings is 1. The lowest BCUT2D eigenvalue weighted by molar-refractivity contribution is 0.203. The standard InChI is InChI=1S/C14H22O3S/c1-14(2,3)18-9-11(15)10-6-7-12(16-4)13(8-10)17-5/h6-8,11,15H,9H2,1-5H3. The van der Waals surface area contributed by atoms with Crippen LogP contribution in [0.15, 0.2) is 18.2 Å². The van der Waals surface area contributed by atoms with Crippen molar-refractivity contribution in [3.8, 4) is 11.5 Å². The van der Waals surface area contributed by atoms with E-state index in [0.717, 1.165) is 5.56 Å². The van der Waals surface area contributed by atoms with Crippen molar-refractivity contribution in [3.63, 3.8) is 0 Å². The molecular formula is C14H22O3S. The maximum absolute atomic E-state index is 10.2. The molecule has 0 aliphatic rings. The van der Waals surface area contributed by atoms with Crippen molar-refractivity contribution < 1.29 is 14.6 Å². The van der Waals surface area contributed by atoms with Gasteiger partial charge in [-0.05, 0) is 17.7 Å². The molecule has 18 heavy (non-hydrogen) atoms. The summed E-state index contributed by atoms with van der Waals surface area (Å²) in [7, 11) is 3.20. The Kier molecular flexibility index (Phi) is 5.35. The van der Waals surface area contributed by atoms with Crippen LogP contribution in [0.1, 0.15) is 32.4 Å². The first-order chi connectivity index (χ1) is 8.37. The Morgan fingerprint density at radius 1 is 1.17 bits per heavy atom. The van der Waals surface area contributed by atoms with Crippen molar-refractivity contribution in [2.75, 3.05) is 20.0 Å². The van der Waals surface area contributed by atoms with E-state index >= 15 is 0 Å². The SMILES string of the molecule is COc1ccc(C(O)CSC(C)(C)C)cc1OC. The summed E-state index contributed by atoms with van der Waals surface area (Å²) in [6, 6.07) is 5.51. The van der Waals surface area contributed by atoms with E-state index in [9.17, 15) is 5.11 Å². The van der Waals surface area contributed by atoms with Crippen LogP contribution in [0.25, 0.3) is 0 Å². The Morgan fingerprint density at radius 2 is 1.78 bits per heavy atom. The van der Waals surface area contributed by atoms with Crippen LogP contribution in [0.3, 0.4) is 0 Å². The van der Waals surface area contributed by atoms with Crippen LogP contribution >= 0.6 is 11.8 Å². The molecule has 0 saturated heterocycles. The highest BCUT2D eigenvalue weighted by atomic mass is 32.2. The number of thioether (sulfide) groups is 1. The van der Waals surface area contributed by atoms with Crippen LogP contribution in [0.4, 0.5) is 0 Å². The third-order valence-electron chi connectivity index (χ3n) is 2.47. The summed E-state index contributed by atoms with van der Waals surface area (Å²) in [6.45, 7) is 6.41. The van der Waals surface area contributed by atoms with Gasteiger partial charge in [-0.3, -0.25) is 0 Å². The number of methoxy groups -OCH3 is 2. The third kappa shape index (κ3) is 4.42. The summed E-state index contributed by atoms with van der Waals surface area (Å²) in [4.78, 5) is 0. The molecule has 0 saturated carbocycles. The molecule has 0 spiro atoms. The molecular weight excluding hydrogens is 248 g/mol. The first-order valence-electron chi connectivity index (χ1n) is 5.91. The number of hydrogen-bond donors (Lipinski definition) is 1. The Hall–Kier alpha value is -0.870. The van der Waals surface area contributed by atoms with Gasteiger partial charge in [0.05, 0.1) is 20.3 Å². The van der Waals surface area contributed by atoms with Crippen LogP contribution in [0.5, 0.6) is 11.5 Å². The number of aliphatic hydroxyl groups is 1. The lowest BCUT2D eigenvalue weighted by Crippen LogP contribution is -2.12. The minimum atomic E-state index is -0.492. The van der Waals surface area contributed by atoms with Crippen LogP contribution in [0, 0.1) is 0 Å². The van der Waals surface area contributed by atoms with E-state index in [2.05, 4.69) is 20.8 Å². The van der Waals surface area contributed by atoms with E-state index in [1.807, 2.05) is 18.2 Å². The molecule has 1 aromatic carbocycles. The van der Waals surface area contributed by atoms with Gasteiger partial charge in [0.1, 0.15) is 0 Å². The van der Waals surface area contributed by atoms with E-state index in [4.69, 9.17) is 9.47 Å². The molecule has 0 amide bonds. The topological polar surface area (TPSA) is 38.7 Å². The van der Waals surface area contributed by atoms with Gasteiger partial charge < -0.3 is 14.6 Å². The highest BCUT2D eigenvalue weighted by Crippen LogP contribution is 2.33. The van der Waals surface area contributed by atoms with Gasteiger partial charge in [0.2, 0.25) is 0 Å². The normalized spacial score (nSPS) is 13.2. The molecule has 1 atom stereocenters. The second-order valence-corrected chi connectivity index (χ2v) is 6.90. The summed E-state index contributed by atoms with van der Waals surface area (Å²) >= 11 is 1.74. The molecule has 102 valence electrons. The molecule has 1 aromatic rings. The number of rotatable bonds is 5. The first kappa shape index (κ1) is 15.2. The van der Waals surface area contributed by atoms with Crippen molar-refractivity contribution >= 4 is 11.8 Å². The Morgan fingerprint density at radius 3 is 2.28 bits per heavy atom. The lowest BCUT2D eigenvalue weighted by atomic mass is 10.1. The van der Waals surface area contributed by atoms with E-state index in [1.165, 1.54) is 0 Å². The Labute approximate surface area is 113 Å². The molecule has 0 bridgehead atoms. The molecule has 4 heteroatoms. The summed E-state index contributed by atoms with van der Waals surface area (Å²) in [5.74, 6) is 1.99. The quantitative estimate of drug-likeness (QED) is 0.891. The fraction of sp³-hybridized carbons (Fsp3) is 0.571.